The summed E-state index contributed by atoms with van der Waals surface area (Å²) in [6.45, 7) is 3.46. The number of nitrogens with two attached hydrogens (primary N) is 1. The average molecular weight is 202 g/mol. The standard InChI is InChI=1S/C9H12ClNO2/c1-9(2,13-11)8-6(10)4-3-5-7(8)12/h3-5,12H,11H2,1-2H3. The van der Waals surface area contributed by atoms with E-state index in [4.69, 9.17) is 22.3 Å². The minimum absolute atomic E-state index is 0.0861. The molecule has 13 heavy (non-hydrogen) atoms. The molecule has 3 N–H and O–H groups in total. The highest BCUT2D eigenvalue weighted by Gasteiger charge is 2.26. The molecule has 0 spiro atoms. The Bertz CT molecular complexity index is 292. The number of phenolic OH excluding ortho intramolecular Hbond substituents is 1. The minimum Gasteiger partial charge on any atom is -0.508 e. The van der Waals surface area contributed by atoms with Crippen molar-refractivity contribution in [1.82, 2.24) is 0 Å². The van der Waals surface area contributed by atoms with Gasteiger partial charge in [0, 0.05) is 5.56 Å². The monoisotopic (exact) mass is 201 g/mol. The quantitative estimate of drug-likeness (QED) is 0.722. The van der Waals surface area contributed by atoms with E-state index in [1.807, 2.05) is 0 Å². The lowest BCUT2D eigenvalue weighted by Gasteiger charge is -2.24. The molecule has 0 saturated heterocycles. The first kappa shape index (κ1) is 10.3. The maximum absolute atomic E-state index is 9.54. The molecule has 3 nitrogen and oxygen atoms in total. The van der Waals surface area contributed by atoms with Gasteiger partial charge in [0.2, 0.25) is 0 Å². The Morgan fingerprint density at radius 2 is 2.08 bits per heavy atom. The normalized spacial score (nSPS) is 11.7. The van der Waals surface area contributed by atoms with Crippen molar-refractivity contribution in [2.24, 2.45) is 5.90 Å². The van der Waals surface area contributed by atoms with Crippen LogP contribution >= 0.6 is 11.6 Å². The molecule has 0 amide bonds. The van der Waals surface area contributed by atoms with E-state index in [-0.39, 0.29) is 5.75 Å². The van der Waals surface area contributed by atoms with E-state index in [0.29, 0.717) is 10.6 Å². The van der Waals surface area contributed by atoms with Crippen LogP contribution < -0.4 is 5.90 Å². The summed E-state index contributed by atoms with van der Waals surface area (Å²) in [4.78, 5) is 4.74. The fourth-order valence-electron chi connectivity index (χ4n) is 1.17. The van der Waals surface area contributed by atoms with Crippen molar-refractivity contribution in [3.63, 3.8) is 0 Å². The second kappa shape index (κ2) is 3.54. The molecule has 0 aliphatic rings. The summed E-state index contributed by atoms with van der Waals surface area (Å²) in [5.41, 5.74) is -0.290. The van der Waals surface area contributed by atoms with Crippen molar-refractivity contribution in [2.45, 2.75) is 19.4 Å². The third-order valence-electron chi connectivity index (χ3n) is 1.89. The average Bonchev–Trinajstić information content (AvgIpc) is 2.03. The van der Waals surface area contributed by atoms with E-state index in [1.165, 1.54) is 0 Å². The number of hydrogen-bond donors (Lipinski definition) is 2. The molecular formula is C9H12ClNO2. The van der Waals surface area contributed by atoms with Crippen LogP contribution in [0.2, 0.25) is 5.02 Å². The molecule has 0 fully saturated rings. The maximum atomic E-state index is 9.54. The zero-order valence-corrected chi connectivity index (χ0v) is 8.30. The molecule has 0 unspecified atom stereocenters. The topological polar surface area (TPSA) is 55.5 Å². The Morgan fingerprint density at radius 1 is 1.46 bits per heavy atom. The van der Waals surface area contributed by atoms with E-state index in [2.05, 4.69) is 0 Å². The lowest BCUT2D eigenvalue weighted by molar-refractivity contribution is -0.0249. The molecule has 0 saturated carbocycles. The predicted molar refractivity (Wildman–Crippen MR) is 51.4 cm³/mol. The van der Waals surface area contributed by atoms with Gasteiger partial charge in [0.1, 0.15) is 11.4 Å². The van der Waals surface area contributed by atoms with Crippen molar-refractivity contribution in [3.8, 4) is 5.75 Å². The van der Waals surface area contributed by atoms with Gasteiger partial charge in [-0.1, -0.05) is 17.7 Å². The molecule has 72 valence electrons. The number of benzene rings is 1. The highest BCUT2D eigenvalue weighted by atomic mass is 35.5. The fraction of sp³-hybridized carbons (Fsp3) is 0.333. The number of aromatic hydroxyl groups is 1. The first-order valence-electron chi connectivity index (χ1n) is 3.85. The van der Waals surface area contributed by atoms with E-state index in [0.717, 1.165) is 0 Å². The molecule has 0 atom stereocenters. The molecule has 0 radical (unpaired) electrons. The van der Waals surface area contributed by atoms with Gasteiger partial charge in [-0.2, -0.15) is 0 Å². The lowest BCUT2D eigenvalue weighted by Crippen LogP contribution is -2.25. The van der Waals surface area contributed by atoms with Crippen molar-refractivity contribution >= 4 is 11.6 Å². The van der Waals surface area contributed by atoms with Crippen molar-refractivity contribution in [2.75, 3.05) is 0 Å². The van der Waals surface area contributed by atoms with Gasteiger partial charge in [0.25, 0.3) is 0 Å². The van der Waals surface area contributed by atoms with Gasteiger partial charge >= 0.3 is 0 Å². The summed E-state index contributed by atoms with van der Waals surface area (Å²) in [6, 6.07) is 4.88. The summed E-state index contributed by atoms with van der Waals surface area (Å²) in [6.07, 6.45) is 0. The number of halogens is 1. The summed E-state index contributed by atoms with van der Waals surface area (Å²) in [7, 11) is 0. The molecule has 1 aromatic rings. The van der Waals surface area contributed by atoms with Crippen LogP contribution in [0.4, 0.5) is 0 Å². The molecular weight excluding hydrogens is 190 g/mol. The van der Waals surface area contributed by atoms with Crippen LogP contribution in [0.1, 0.15) is 19.4 Å². The zero-order chi connectivity index (χ0) is 10.1. The smallest absolute Gasteiger partial charge is 0.123 e. The summed E-state index contributed by atoms with van der Waals surface area (Å²) < 4.78 is 0. The third-order valence-corrected chi connectivity index (χ3v) is 2.20. The molecule has 1 rings (SSSR count). The Labute approximate surface area is 82.0 Å². The second-order valence-electron chi connectivity index (χ2n) is 3.26. The number of rotatable bonds is 2. The number of hydrogen-bond acceptors (Lipinski definition) is 3. The van der Waals surface area contributed by atoms with E-state index >= 15 is 0 Å². The largest absolute Gasteiger partial charge is 0.508 e. The van der Waals surface area contributed by atoms with Crippen LogP contribution in [-0.4, -0.2) is 5.11 Å². The SMILES string of the molecule is CC(C)(ON)c1c(O)cccc1Cl. The predicted octanol–water partition coefficient (Wildman–Crippen LogP) is 2.17. The van der Waals surface area contributed by atoms with Crippen LogP contribution in [-0.2, 0) is 10.4 Å². The molecule has 1 aromatic carbocycles. The van der Waals surface area contributed by atoms with Crippen LogP contribution in [0.3, 0.4) is 0 Å². The van der Waals surface area contributed by atoms with Crippen LogP contribution in [0.15, 0.2) is 18.2 Å². The Balaban J connectivity index is 3.28. The highest BCUT2D eigenvalue weighted by molar-refractivity contribution is 6.31. The van der Waals surface area contributed by atoms with E-state index in [9.17, 15) is 5.11 Å². The first-order valence-corrected chi connectivity index (χ1v) is 4.22. The Morgan fingerprint density at radius 3 is 2.54 bits per heavy atom. The molecule has 4 heteroatoms. The highest BCUT2D eigenvalue weighted by Crippen LogP contribution is 2.36. The second-order valence-corrected chi connectivity index (χ2v) is 3.67. The van der Waals surface area contributed by atoms with E-state index in [1.54, 1.807) is 32.0 Å². The summed E-state index contributed by atoms with van der Waals surface area (Å²) >= 11 is 5.90. The molecule has 0 aromatic heterocycles. The van der Waals surface area contributed by atoms with E-state index < -0.39 is 5.60 Å². The Hall–Kier alpha value is -0.770. The third kappa shape index (κ3) is 1.94. The van der Waals surface area contributed by atoms with Gasteiger partial charge < -0.3 is 5.11 Å². The molecule has 0 bridgehead atoms. The van der Waals surface area contributed by atoms with Gasteiger partial charge in [-0.3, -0.25) is 4.84 Å². The van der Waals surface area contributed by atoms with Gasteiger partial charge in [0.15, 0.2) is 0 Å². The summed E-state index contributed by atoms with van der Waals surface area (Å²) in [5, 5.41) is 9.98. The van der Waals surface area contributed by atoms with Gasteiger partial charge in [0.05, 0.1) is 5.02 Å². The number of phenols is 1. The van der Waals surface area contributed by atoms with Gasteiger partial charge in [-0.15, -0.1) is 0 Å². The van der Waals surface area contributed by atoms with Gasteiger partial charge in [-0.25, -0.2) is 5.90 Å². The Kier molecular flexibility index (Phi) is 2.81. The minimum atomic E-state index is -0.789. The maximum Gasteiger partial charge on any atom is 0.123 e. The molecule has 0 aliphatic carbocycles. The summed E-state index contributed by atoms with van der Waals surface area (Å²) in [5.74, 6) is 5.19. The van der Waals surface area contributed by atoms with Crippen molar-refractivity contribution < 1.29 is 9.94 Å². The lowest BCUT2D eigenvalue weighted by atomic mass is 9.97. The van der Waals surface area contributed by atoms with Crippen molar-refractivity contribution in [1.29, 1.82) is 0 Å². The first-order chi connectivity index (χ1) is 5.99. The van der Waals surface area contributed by atoms with Crippen LogP contribution in [0.25, 0.3) is 0 Å². The van der Waals surface area contributed by atoms with Crippen LogP contribution in [0.5, 0.6) is 5.75 Å². The zero-order valence-electron chi connectivity index (χ0n) is 7.54. The molecule has 0 aliphatic heterocycles. The van der Waals surface area contributed by atoms with Gasteiger partial charge in [-0.05, 0) is 26.0 Å². The fourth-order valence-corrected chi connectivity index (χ4v) is 1.56. The van der Waals surface area contributed by atoms with Crippen LogP contribution in [0, 0.1) is 0 Å². The van der Waals surface area contributed by atoms with Crippen molar-refractivity contribution in [3.05, 3.63) is 28.8 Å². The molecule has 0 heterocycles.